The van der Waals surface area contributed by atoms with Crippen molar-refractivity contribution in [3.05, 3.63) is 51.7 Å². The summed E-state index contributed by atoms with van der Waals surface area (Å²) in [6.45, 7) is 10.9. The van der Waals surface area contributed by atoms with Crippen LogP contribution in [0.5, 0.6) is 0 Å². The van der Waals surface area contributed by atoms with Crippen LogP contribution in [0.2, 0.25) is 0 Å². The van der Waals surface area contributed by atoms with Crippen molar-refractivity contribution in [3.8, 4) is 0 Å². The average Bonchev–Trinajstić information content (AvgIpc) is 3.15. The lowest BCUT2D eigenvalue weighted by Gasteiger charge is -2.40. The van der Waals surface area contributed by atoms with E-state index in [1.54, 1.807) is 0 Å². The molecular weight excluding hydrogens is 372 g/mol. The van der Waals surface area contributed by atoms with Crippen molar-refractivity contribution in [2.75, 3.05) is 38.5 Å². The maximum Gasteiger partial charge on any atom is 0.171 e. The fourth-order valence-corrected chi connectivity index (χ4v) is 4.89. The summed E-state index contributed by atoms with van der Waals surface area (Å²) >= 11 is 7.47. The van der Waals surface area contributed by atoms with Crippen molar-refractivity contribution >= 4 is 34.4 Å². The standard InChI is InChI=1S/C21H30N4S2/c1-15-7-5-8-18(16(15)2)23-21(26)22-17(3)20(19-9-6-14-27-19)25-12-10-24(4)11-13-25/h5-9,14,17,20H,10-13H2,1-4H3,(H2,22,23,26). The zero-order valence-corrected chi connectivity index (χ0v) is 18.3. The molecule has 0 bridgehead atoms. The maximum absolute atomic E-state index is 5.64. The van der Waals surface area contributed by atoms with Crippen LogP contribution in [-0.4, -0.2) is 54.2 Å². The summed E-state index contributed by atoms with van der Waals surface area (Å²) in [6.07, 6.45) is 0. The lowest BCUT2D eigenvalue weighted by molar-refractivity contribution is 0.0990. The summed E-state index contributed by atoms with van der Waals surface area (Å²) in [5.41, 5.74) is 3.58. The van der Waals surface area contributed by atoms with E-state index >= 15 is 0 Å². The molecule has 1 aliphatic heterocycles. The van der Waals surface area contributed by atoms with Crippen LogP contribution >= 0.6 is 23.6 Å². The molecule has 2 aromatic rings. The first-order valence-corrected chi connectivity index (χ1v) is 10.8. The fourth-order valence-electron chi connectivity index (χ4n) is 3.63. The van der Waals surface area contributed by atoms with Crippen molar-refractivity contribution in [2.24, 2.45) is 0 Å². The second-order valence-corrected chi connectivity index (χ2v) is 8.82. The van der Waals surface area contributed by atoms with Crippen LogP contribution in [0.15, 0.2) is 35.7 Å². The molecule has 2 heterocycles. The van der Waals surface area contributed by atoms with E-state index in [0.29, 0.717) is 11.2 Å². The van der Waals surface area contributed by atoms with E-state index in [9.17, 15) is 0 Å². The van der Waals surface area contributed by atoms with Crippen LogP contribution in [0.1, 0.15) is 29.0 Å². The van der Waals surface area contributed by atoms with Crippen molar-refractivity contribution in [1.82, 2.24) is 15.1 Å². The molecule has 0 saturated carbocycles. The highest BCUT2D eigenvalue weighted by molar-refractivity contribution is 7.80. The number of nitrogens with zero attached hydrogens (tertiary/aromatic N) is 2. The van der Waals surface area contributed by atoms with E-state index in [2.05, 4.69) is 84.0 Å². The molecule has 0 spiro atoms. The first-order chi connectivity index (χ1) is 13.0. The van der Waals surface area contributed by atoms with Gasteiger partial charge in [0, 0.05) is 42.8 Å². The molecular formula is C21H30N4S2. The van der Waals surface area contributed by atoms with Gasteiger partial charge in [-0.2, -0.15) is 0 Å². The third-order valence-corrected chi connectivity index (χ3v) is 6.61. The Balaban J connectivity index is 1.69. The molecule has 146 valence electrons. The highest BCUT2D eigenvalue weighted by Crippen LogP contribution is 2.29. The number of rotatable bonds is 5. The zero-order chi connectivity index (χ0) is 19.4. The van der Waals surface area contributed by atoms with Crippen LogP contribution in [0.4, 0.5) is 5.69 Å². The van der Waals surface area contributed by atoms with Gasteiger partial charge in [-0.15, -0.1) is 11.3 Å². The van der Waals surface area contributed by atoms with Gasteiger partial charge in [0.05, 0.1) is 6.04 Å². The van der Waals surface area contributed by atoms with Gasteiger partial charge in [-0.1, -0.05) is 18.2 Å². The highest BCUT2D eigenvalue weighted by atomic mass is 32.1. The molecule has 0 aliphatic carbocycles. The molecule has 1 aromatic carbocycles. The molecule has 2 N–H and O–H groups in total. The second kappa shape index (κ2) is 9.15. The van der Waals surface area contributed by atoms with Crippen LogP contribution in [0, 0.1) is 13.8 Å². The Bertz CT molecular complexity index is 752. The van der Waals surface area contributed by atoms with Gasteiger partial charge in [-0.3, -0.25) is 4.90 Å². The Morgan fingerprint density at radius 1 is 1.11 bits per heavy atom. The zero-order valence-electron chi connectivity index (χ0n) is 16.7. The minimum atomic E-state index is 0.220. The van der Waals surface area contributed by atoms with Crippen molar-refractivity contribution < 1.29 is 0 Å². The SMILES string of the molecule is Cc1cccc(NC(=S)NC(C)C(c2cccs2)N2CCN(C)CC2)c1C. The number of hydrogen-bond donors (Lipinski definition) is 2. The van der Waals surface area contributed by atoms with Crippen LogP contribution in [0.3, 0.4) is 0 Å². The van der Waals surface area contributed by atoms with Gasteiger partial charge in [0.1, 0.15) is 0 Å². The number of anilines is 1. The number of hydrogen-bond acceptors (Lipinski definition) is 4. The smallest absolute Gasteiger partial charge is 0.171 e. The van der Waals surface area contributed by atoms with E-state index in [0.717, 1.165) is 31.9 Å². The number of nitrogens with one attached hydrogen (secondary N) is 2. The molecule has 1 aromatic heterocycles. The van der Waals surface area contributed by atoms with Crippen molar-refractivity contribution in [2.45, 2.75) is 32.9 Å². The minimum Gasteiger partial charge on any atom is -0.358 e. The van der Waals surface area contributed by atoms with E-state index < -0.39 is 0 Å². The van der Waals surface area contributed by atoms with Gasteiger partial charge in [-0.05, 0) is 68.7 Å². The third-order valence-electron chi connectivity index (χ3n) is 5.45. The lowest BCUT2D eigenvalue weighted by atomic mass is 10.1. The Morgan fingerprint density at radius 2 is 1.85 bits per heavy atom. The Labute approximate surface area is 172 Å². The van der Waals surface area contributed by atoms with Crippen LogP contribution in [-0.2, 0) is 0 Å². The highest BCUT2D eigenvalue weighted by Gasteiger charge is 2.29. The molecule has 2 unspecified atom stereocenters. The molecule has 1 saturated heterocycles. The Kier molecular flexibility index (Phi) is 6.87. The van der Waals surface area contributed by atoms with E-state index in [1.165, 1.54) is 16.0 Å². The normalized spacial score (nSPS) is 18.1. The van der Waals surface area contributed by atoms with E-state index in [4.69, 9.17) is 12.2 Å². The van der Waals surface area contributed by atoms with Gasteiger partial charge >= 0.3 is 0 Å². The molecule has 4 nitrogen and oxygen atoms in total. The number of thiophene rings is 1. The topological polar surface area (TPSA) is 30.5 Å². The summed E-state index contributed by atoms with van der Waals surface area (Å²) < 4.78 is 0. The Hall–Kier alpha value is -1.47. The number of piperazine rings is 1. The molecule has 6 heteroatoms. The molecule has 1 fully saturated rings. The third kappa shape index (κ3) is 5.08. The molecule has 2 atom stereocenters. The lowest BCUT2D eigenvalue weighted by Crippen LogP contribution is -2.51. The van der Waals surface area contributed by atoms with Gasteiger partial charge < -0.3 is 15.5 Å². The van der Waals surface area contributed by atoms with Gasteiger partial charge in [0.2, 0.25) is 0 Å². The summed E-state index contributed by atoms with van der Waals surface area (Å²) in [7, 11) is 2.20. The first kappa shape index (κ1) is 20.3. The maximum atomic E-state index is 5.64. The van der Waals surface area contributed by atoms with Gasteiger partial charge in [0.25, 0.3) is 0 Å². The predicted octanol–water partition coefficient (Wildman–Crippen LogP) is 4.03. The summed E-state index contributed by atoms with van der Waals surface area (Å²) in [5.74, 6) is 0. The summed E-state index contributed by atoms with van der Waals surface area (Å²) in [4.78, 5) is 6.38. The van der Waals surface area contributed by atoms with Crippen LogP contribution < -0.4 is 10.6 Å². The minimum absolute atomic E-state index is 0.220. The summed E-state index contributed by atoms with van der Waals surface area (Å²) in [5, 5.41) is 9.78. The Morgan fingerprint density at radius 3 is 2.52 bits per heavy atom. The molecule has 1 aliphatic rings. The monoisotopic (exact) mass is 402 g/mol. The number of likely N-dealkylation sites (N-methyl/N-ethyl adjacent to an activating group) is 1. The molecule has 0 amide bonds. The molecule has 27 heavy (non-hydrogen) atoms. The first-order valence-electron chi connectivity index (χ1n) is 9.55. The van der Waals surface area contributed by atoms with E-state index in [-0.39, 0.29) is 6.04 Å². The van der Waals surface area contributed by atoms with Crippen molar-refractivity contribution in [1.29, 1.82) is 0 Å². The van der Waals surface area contributed by atoms with Crippen LogP contribution in [0.25, 0.3) is 0 Å². The van der Waals surface area contributed by atoms with Gasteiger partial charge in [0.15, 0.2) is 5.11 Å². The summed E-state index contributed by atoms with van der Waals surface area (Å²) in [6, 6.07) is 11.2. The van der Waals surface area contributed by atoms with Gasteiger partial charge in [-0.25, -0.2) is 0 Å². The second-order valence-electron chi connectivity index (χ2n) is 7.43. The molecule has 3 rings (SSSR count). The number of thiocarbonyl (C=S) groups is 1. The quantitative estimate of drug-likeness (QED) is 0.738. The number of aryl methyl sites for hydroxylation is 1. The van der Waals surface area contributed by atoms with Crippen molar-refractivity contribution in [3.63, 3.8) is 0 Å². The number of benzene rings is 1. The predicted molar refractivity (Wildman–Crippen MR) is 121 cm³/mol. The largest absolute Gasteiger partial charge is 0.358 e. The van der Waals surface area contributed by atoms with E-state index in [1.807, 2.05) is 11.3 Å². The molecule has 0 radical (unpaired) electrons. The average molecular weight is 403 g/mol. The fraction of sp³-hybridized carbons (Fsp3) is 0.476.